The number of amides is 1. The van der Waals surface area contributed by atoms with E-state index in [1.54, 1.807) is 6.21 Å². The summed E-state index contributed by atoms with van der Waals surface area (Å²) in [6.45, 7) is 4.57. The zero-order chi connectivity index (χ0) is 15.2. The average molecular weight is 318 g/mol. The first-order valence-electron chi connectivity index (χ1n) is 7.22. The van der Waals surface area contributed by atoms with Crippen molar-refractivity contribution in [3.8, 4) is 0 Å². The molecule has 0 saturated carbocycles. The third-order valence-corrected chi connectivity index (χ3v) is 4.29. The van der Waals surface area contributed by atoms with Gasteiger partial charge in [0.25, 0.3) is 0 Å². The average Bonchev–Trinajstić information content (AvgIpc) is 2.96. The van der Waals surface area contributed by atoms with E-state index in [2.05, 4.69) is 32.6 Å². The van der Waals surface area contributed by atoms with Crippen molar-refractivity contribution in [2.75, 3.05) is 32.1 Å². The van der Waals surface area contributed by atoms with Gasteiger partial charge >= 0.3 is 0 Å². The monoisotopic (exact) mass is 318 g/mol. The van der Waals surface area contributed by atoms with E-state index in [1.165, 1.54) is 17.3 Å². The molecule has 7 heteroatoms. The van der Waals surface area contributed by atoms with Crippen LogP contribution in [0.3, 0.4) is 0 Å². The van der Waals surface area contributed by atoms with Gasteiger partial charge in [-0.3, -0.25) is 9.69 Å². The molecular formula is C15H18N4O2S. The molecule has 2 heterocycles. The van der Waals surface area contributed by atoms with Crippen molar-refractivity contribution in [2.24, 2.45) is 10.2 Å². The summed E-state index contributed by atoms with van der Waals surface area (Å²) in [5.74, 6) is 0.399. The molecule has 0 bridgehead atoms. The van der Waals surface area contributed by atoms with E-state index >= 15 is 0 Å². The highest BCUT2D eigenvalue weighted by Gasteiger charge is 2.15. The summed E-state index contributed by atoms with van der Waals surface area (Å²) < 4.78 is 5.35. The van der Waals surface area contributed by atoms with E-state index in [4.69, 9.17) is 4.74 Å². The van der Waals surface area contributed by atoms with Gasteiger partial charge in [0.1, 0.15) is 0 Å². The van der Waals surface area contributed by atoms with E-state index in [0.717, 1.165) is 38.4 Å². The Kier molecular flexibility index (Phi) is 5.20. The van der Waals surface area contributed by atoms with Crippen molar-refractivity contribution < 1.29 is 9.53 Å². The second-order valence-electron chi connectivity index (χ2n) is 5.12. The van der Waals surface area contributed by atoms with Gasteiger partial charge in [-0.15, -0.1) is 5.10 Å². The summed E-state index contributed by atoms with van der Waals surface area (Å²) in [4.78, 5) is 13.4. The lowest BCUT2D eigenvalue weighted by molar-refractivity contribution is -0.116. The predicted octanol–water partition coefficient (Wildman–Crippen LogP) is 1.07. The Bertz CT molecular complexity index is 580. The minimum absolute atomic E-state index is 0.0218. The van der Waals surface area contributed by atoms with E-state index in [0.29, 0.717) is 10.9 Å². The fourth-order valence-electron chi connectivity index (χ4n) is 2.25. The fourth-order valence-corrected chi connectivity index (χ4v) is 2.88. The van der Waals surface area contributed by atoms with Crippen LogP contribution in [0.1, 0.15) is 11.1 Å². The molecule has 2 aliphatic heterocycles. The maximum Gasteiger partial charge on any atom is 0.236 e. The lowest BCUT2D eigenvalue weighted by Crippen LogP contribution is -2.35. The molecular weight excluding hydrogens is 300 g/mol. The van der Waals surface area contributed by atoms with Gasteiger partial charge in [-0.05, 0) is 11.1 Å². The van der Waals surface area contributed by atoms with Crippen LogP contribution in [0.25, 0.3) is 0 Å². The Morgan fingerprint density at radius 2 is 2.05 bits per heavy atom. The molecule has 0 unspecified atom stereocenters. The van der Waals surface area contributed by atoms with E-state index < -0.39 is 0 Å². The molecule has 2 aliphatic rings. The van der Waals surface area contributed by atoms with Crippen LogP contribution in [-0.2, 0) is 16.1 Å². The van der Waals surface area contributed by atoms with Crippen LogP contribution in [0.4, 0.5) is 0 Å². The van der Waals surface area contributed by atoms with Crippen LogP contribution < -0.4 is 5.32 Å². The van der Waals surface area contributed by atoms with E-state index in [9.17, 15) is 4.79 Å². The summed E-state index contributed by atoms with van der Waals surface area (Å²) in [6.07, 6.45) is 1.69. The maximum atomic E-state index is 11.0. The van der Waals surface area contributed by atoms with Crippen molar-refractivity contribution in [3.05, 3.63) is 35.4 Å². The van der Waals surface area contributed by atoms with Crippen molar-refractivity contribution in [2.45, 2.75) is 6.54 Å². The molecule has 2 saturated heterocycles. The molecule has 0 atom stereocenters. The van der Waals surface area contributed by atoms with Crippen molar-refractivity contribution in [3.63, 3.8) is 0 Å². The first kappa shape index (κ1) is 15.2. The highest BCUT2D eigenvalue weighted by molar-refractivity contribution is 8.15. The number of nitrogens with zero attached hydrogens (tertiary/aromatic N) is 3. The first-order chi connectivity index (χ1) is 10.8. The minimum atomic E-state index is -0.0218. The smallest absolute Gasteiger partial charge is 0.236 e. The van der Waals surface area contributed by atoms with Gasteiger partial charge in [0.2, 0.25) is 5.91 Å². The second kappa shape index (κ2) is 7.53. The van der Waals surface area contributed by atoms with Gasteiger partial charge in [-0.25, -0.2) is 0 Å². The Morgan fingerprint density at radius 1 is 1.27 bits per heavy atom. The molecule has 6 nitrogen and oxygen atoms in total. The zero-order valence-corrected chi connectivity index (χ0v) is 13.0. The Hall–Kier alpha value is -1.70. The maximum absolute atomic E-state index is 11.0. The lowest BCUT2D eigenvalue weighted by atomic mass is 10.1. The normalized spacial score (nSPS) is 21.6. The van der Waals surface area contributed by atoms with Crippen LogP contribution in [0.15, 0.2) is 34.5 Å². The first-order valence-corrected chi connectivity index (χ1v) is 8.21. The molecule has 1 N–H and O–H groups in total. The molecule has 1 aromatic carbocycles. The van der Waals surface area contributed by atoms with Crippen LogP contribution in [0.5, 0.6) is 0 Å². The topological polar surface area (TPSA) is 66.3 Å². The minimum Gasteiger partial charge on any atom is -0.379 e. The Balaban J connectivity index is 1.53. The van der Waals surface area contributed by atoms with Gasteiger partial charge in [-0.1, -0.05) is 36.0 Å². The van der Waals surface area contributed by atoms with E-state index in [-0.39, 0.29) is 5.91 Å². The number of carbonyl (C=O) groups excluding carboxylic acids is 1. The molecule has 0 spiro atoms. The predicted molar refractivity (Wildman–Crippen MR) is 88.2 cm³/mol. The number of hydrogen-bond acceptors (Lipinski definition) is 6. The number of benzene rings is 1. The van der Waals surface area contributed by atoms with Crippen LogP contribution in [0, 0.1) is 0 Å². The van der Waals surface area contributed by atoms with Crippen molar-refractivity contribution in [1.82, 2.24) is 10.2 Å². The number of ether oxygens (including phenoxy) is 1. The van der Waals surface area contributed by atoms with Crippen molar-refractivity contribution >= 4 is 29.1 Å². The molecule has 3 rings (SSSR count). The fraction of sp³-hybridized carbons (Fsp3) is 0.400. The molecule has 0 radical (unpaired) electrons. The molecule has 22 heavy (non-hydrogen) atoms. The van der Waals surface area contributed by atoms with Gasteiger partial charge in [-0.2, -0.15) is 5.10 Å². The number of morpholine rings is 1. The molecule has 0 aliphatic carbocycles. The van der Waals surface area contributed by atoms with Gasteiger partial charge in [0, 0.05) is 19.6 Å². The standard InChI is InChI=1S/C15H18N4O2S/c20-14-11-22-15(17-14)18-16-9-12-1-3-13(4-2-12)10-19-5-7-21-8-6-19/h1-4,9H,5-8,10-11H2,(H,17,18,20). The zero-order valence-electron chi connectivity index (χ0n) is 12.2. The largest absolute Gasteiger partial charge is 0.379 e. The van der Waals surface area contributed by atoms with Crippen LogP contribution in [0.2, 0.25) is 0 Å². The number of amidine groups is 1. The van der Waals surface area contributed by atoms with Crippen molar-refractivity contribution in [1.29, 1.82) is 0 Å². The Labute approximate surface area is 133 Å². The van der Waals surface area contributed by atoms with Gasteiger partial charge in [0.05, 0.1) is 25.2 Å². The molecule has 1 amide bonds. The third kappa shape index (κ3) is 4.40. The quantitative estimate of drug-likeness (QED) is 0.666. The van der Waals surface area contributed by atoms with Gasteiger partial charge in [0.15, 0.2) is 5.17 Å². The lowest BCUT2D eigenvalue weighted by Gasteiger charge is -2.26. The molecule has 0 aromatic heterocycles. The van der Waals surface area contributed by atoms with Crippen LogP contribution in [-0.4, -0.2) is 54.2 Å². The summed E-state index contributed by atoms with van der Waals surface area (Å²) >= 11 is 1.37. The summed E-state index contributed by atoms with van der Waals surface area (Å²) in [5.41, 5.74) is 2.27. The molecule has 1 aromatic rings. The SMILES string of the molecule is O=C1CSC(=NN=Cc2ccc(CN3CCOCC3)cc2)N1. The third-order valence-electron chi connectivity index (χ3n) is 3.43. The summed E-state index contributed by atoms with van der Waals surface area (Å²) in [7, 11) is 0. The number of thioether (sulfide) groups is 1. The number of rotatable bonds is 4. The summed E-state index contributed by atoms with van der Waals surface area (Å²) in [5, 5.41) is 11.2. The Morgan fingerprint density at radius 3 is 2.73 bits per heavy atom. The molecule has 116 valence electrons. The van der Waals surface area contributed by atoms with E-state index in [1.807, 2.05) is 12.1 Å². The number of nitrogens with one attached hydrogen (secondary N) is 1. The highest BCUT2D eigenvalue weighted by atomic mass is 32.2. The summed E-state index contributed by atoms with van der Waals surface area (Å²) in [6, 6.07) is 8.27. The van der Waals surface area contributed by atoms with Crippen LogP contribution >= 0.6 is 11.8 Å². The highest BCUT2D eigenvalue weighted by Crippen LogP contribution is 2.10. The number of hydrogen-bond donors (Lipinski definition) is 1. The van der Waals surface area contributed by atoms with Gasteiger partial charge < -0.3 is 10.1 Å². The molecule has 2 fully saturated rings. The number of carbonyl (C=O) groups is 1. The second-order valence-corrected chi connectivity index (χ2v) is 6.08.